The molecule has 2 aromatic rings. The molecule has 2 rings (SSSR count). The van der Waals surface area contributed by atoms with Crippen LogP contribution in [0.5, 0.6) is 0 Å². The standard InChI is InChI=1S/C12H14BrN3/c1-9(6-14)16-8-15-7-12(16)10-3-2-4-11(13)5-10/h2-5,7-9H,6,14H2,1H3. The number of hydrogen-bond acceptors (Lipinski definition) is 2. The second-order valence-electron chi connectivity index (χ2n) is 3.78. The summed E-state index contributed by atoms with van der Waals surface area (Å²) in [6, 6.07) is 8.44. The number of nitrogens with zero attached hydrogens (tertiary/aromatic N) is 2. The minimum Gasteiger partial charge on any atom is -0.328 e. The molecule has 0 saturated carbocycles. The average molecular weight is 280 g/mol. The molecule has 0 spiro atoms. The Kier molecular flexibility index (Phi) is 3.41. The predicted octanol–water partition coefficient (Wildman–Crippen LogP) is 2.83. The third-order valence-electron chi connectivity index (χ3n) is 2.60. The summed E-state index contributed by atoms with van der Waals surface area (Å²) in [6.45, 7) is 2.69. The van der Waals surface area contributed by atoms with Crippen molar-refractivity contribution in [3.8, 4) is 11.3 Å². The number of imidazole rings is 1. The number of aromatic nitrogens is 2. The van der Waals surface area contributed by atoms with Gasteiger partial charge in [0.15, 0.2) is 0 Å². The Balaban J connectivity index is 2.44. The Hall–Kier alpha value is -1.13. The van der Waals surface area contributed by atoms with Crippen LogP contribution in [0.1, 0.15) is 13.0 Å². The first kappa shape index (κ1) is 11.4. The number of halogens is 1. The van der Waals surface area contributed by atoms with Gasteiger partial charge in [0.25, 0.3) is 0 Å². The van der Waals surface area contributed by atoms with E-state index in [0.717, 1.165) is 15.7 Å². The molecular formula is C12H14BrN3. The van der Waals surface area contributed by atoms with Crippen LogP contribution in [0, 0.1) is 0 Å². The molecule has 84 valence electrons. The van der Waals surface area contributed by atoms with Gasteiger partial charge in [0, 0.05) is 22.6 Å². The summed E-state index contributed by atoms with van der Waals surface area (Å²) in [5.74, 6) is 0. The molecule has 1 atom stereocenters. The van der Waals surface area contributed by atoms with Gasteiger partial charge in [-0.15, -0.1) is 0 Å². The maximum atomic E-state index is 5.68. The first-order chi connectivity index (χ1) is 7.72. The summed E-state index contributed by atoms with van der Waals surface area (Å²) < 4.78 is 3.17. The number of rotatable bonds is 3. The van der Waals surface area contributed by atoms with E-state index < -0.39 is 0 Å². The highest BCUT2D eigenvalue weighted by molar-refractivity contribution is 9.10. The van der Waals surface area contributed by atoms with Crippen LogP contribution < -0.4 is 5.73 Å². The SMILES string of the molecule is CC(CN)n1cncc1-c1cccc(Br)c1. The molecule has 0 fully saturated rings. The Morgan fingerprint density at radius 1 is 1.50 bits per heavy atom. The summed E-state index contributed by atoms with van der Waals surface area (Å²) >= 11 is 3.47. The van der Waals surface area contributed by atoms with Gasteiger partial charge in [0.05, 0.1) is 18.2 Å². The van der Waals surface area contributed by atoms with Crippen molar-refractivity contribution in [1.82, 2.24) is 9.55 Å². The molecule has 0 radical (unpaired) electrons. The smallest absolute Gasteiger partial charge is 0.0953 e. The molecule has 1 aromatic carbocycles. The van der Waals surface area contributed by atoms with Gasteiger partial charge in [0.1, 0.15) is 0 Å². The third kappa shape index (κ3) is 2.18. The van der Waals surface area contributed by atoms with Gasteiger partial charge in [-0.3, -0.25) is 0 Å². The van der Waals surface area contributed by atoms with Crippen LogP contribution in [-0.2, 0) is 0 Å². The summed E-state index contributed by atoms with van der Waals surface area (Å²) in [7, 11) is 0. The van der Waals surface area contributed by atoms with E-state index >= 15 is 0 Å². The van der Waals surface area contributed by atoms with Gasteiger partial charge >= 0.3 is 0 Å². The maximum Gasteiger partial charge on any atom is 0.0953 e. The zero-order valence-electron chi connectivity index (χ0n) is 9.10. The minimum atomic E-state index is 0.261. The Morgan fingerprint density at radius 2 is 2.31 bits per heavy atom. The van der Waals surface area contributed by atoms with E-state index in [-0.39, 0.29) is 6.04 Å². The number of benzene rings is 1. The quantitative estimate of drug-likeness (QED) is 0.939. The summed E-state index contributed by atoms with van der Waals surface area (Å²) in [4.78, 5) is 4.19. The van der Waals surface area contributed by atoms with Crippen LogP contribution in [0.3, 0.4) is 0 Å². The monoisotopic (exact) mass is 279 g/mol. The topological polar surface area (TPSA) is 43.8 Å². The predicted molar refractivity (Wildman–Crippen MR) is 69.1 cm³/mol. The van der Waals surface area contributed by atoms with Crippen molar-refractivity contribution < 1.29 is 0 Å². The fourth-order valence-electron chi connectivity index (χ4n) is 1.64. The lowest BCUT2D eigenvalue weighted by molar-refractivity contribution is 0.563. The van der Waals surface area contributed by atoms with Crippen molar-refractivity contribution in [3.05, 3.63) is 41.3 Å². The molecular weight excluding hydrogens is 266 g/mol. The van der Waals surface area contributed by atoms with Gasteiger partial charge in [-0.05, 0) is 19.1 Å². The molecule has 0 bridgehead atoms. The lowest BCUT2D eigenvalue weighted by Crippen LogP contribution is -2.15. The molecule has 0 aliphatic carbocycles. The van der Waals surface area contributed by atoms with Gasteiger partial charge in [-0.1, -0.05) is 28.1 Å². The second kappa shape index (κ2) is 4.80. The van der Waals surface area contributed by atoms with Crippen LogP contribution in [0.4, 0.5) is 0 Å². The van der Waals surface area contributed by atoms with Crippen LogP contribution in [-0.4, -0.2) is 16.1 Å². The maximum absolute atomic E-state index is 5.68. The Bertz CT molecular complexity index is 479. The van der Waals surface area contributed by atoms with E-state index in [2.05, 4.69) is 44.5 Å². The van der Waals surface area contributed by atoms with E-state index in [0.29, 0.717) is 6.54 Å². The Morgan fingerprint density at radius 3 is 3.00 bits per heavy atom. The molecule has 2 N–H and O–H groups in total. The molecule has 1 aromatic heterocycles. The summed E-state index contributed by atoms with van der Waals surface area (Å²) in [6.07, 6.45) is 3.70. The normalized spacial score (nSPS) is 12.7. The zero-order chi connectivity index (χ0) is 11.5. The molecule has 0 aliphatic heterocycles. The average Bonchev–Trinajstić information content (AvgIpc) is 2.77. The summed E-state index contributed by atoms with van der Waals surface area (Å²) in [5, 5.41) is 0. The molecule has 0 aliphatic rings. The van der Waals surface area contributed by atoms with Gasteiger partial charge in [0.2, 0.25) is 0 Å². The molecule has 3 nitrogen and oxygen atoms in total. The number of hydrogen-bond donors (Lipinski definition) is 1. The summed E-state index contributed by atoms with van der Waals surface area (Å²) in [5.41, 5.74) is 7.92. The first-order valence-corrected chi connectivity index (χ1v) is 5.99. The largest absolute Gasteiger partial charge is 0.328 e. The van der Waals surface area contributed by atoms with Crippen LogP contribution in [0.2, 0.25) is 0 Å². The van der Waals surface area contributed by atoms with Crippen molar-refractivity contribution in [2.75, 3.05) is 6.54 Å². The van der Waals surface area contributed by atoms with Crippen molar-refractivity contribution in [1.29, 1.82) is 0 Å². The van der Waals surface area contributed by atoms with E-state index in [1.165, 1.54) is 0 Å². The molecule has 1 heterocycles. The lowest BCUT2D eigenvalue weighted by Gasteiger charge is -2.14. The molecule has 4 heteroatoms. The third-order valence-corrected chi connectivity index (χ3v) is 3.10. The highest BCUT2D eigenvalue weighted by Gasteiger charge is 2.09. The van der Waals surface area contributed by atoms with Crippen molar-refractivity contribution in [3.63, 3.8) is 0 Å². The van der Waals surface area contributed by atoms with Crippen molar-refractivity contribution >= 4 is 15.9 Å². The van der Waals surface area contributed by atoms with E-state index in [1.54, 1.807) is 0 Å². The van der Waals surface area contributed by atoms with Crippen LogP contribution in [0.25, 0.3) is 11.3 Å². The highest BCUT2D eigenvalue weighted by atomic mass is 79.9. The van der Waals surface area contributed by atoms with Gasteiger partial charge < -0.3 is 10.3 Å². The van der Waals surface area contributed by atoms with Gasteiger partial charge in [-0.2, -0.15) is 0 Å². The van der Waals surface area contributed by atoms with Crippen molar-refractivity contribution in [2.45, 2.75) is 13.0 Å². The van der Waals surface area contributed by atoms with Crippen molar-refractivity contribution in [2.24, 2.45) is 5.73 Å². The Labute approximate surface area is 103 Å². The van der Waals surface area contributed by atoms with E-state index in [1.807, 2.05) is 24.7 Å². The van der Waals surface area contributed by atoms with Crippen LogP contribution in [0.15, 0.2) is 41.3 Å². The fraction of sp³-hybridized carbons (Fsp3) is 0.250. The lowest BCUT2D eigenvalue weighted by atomic mass is 10.1. The zero-order valence-corrected chi connectivity index (χ0v) is 10.7. The molecule has 1 unspecified atom stereocenters. The first-order valence-electron chi connectivity index (χ1n) is 5.20. The van der Waals surface area contributed by atoms with Crippen LogP contribution >= 0.6 is 15.9 Å². The molecule has 16 heavy (non-hydrogen) atoms. The van der Waals surface area contributed by atoms with Gasteiger partial charge in [-0.25, -0.2) is 4.98 Å². The van der Waals surface area contributed by atoms with E-state index in [9.17, 15) is 0 Å². The molecule has 0 saturated heterocycles. The minimum absolute atomic E-state index is 0.261. The molecule has 0 amide bonds. The van der Waals surface area contributed by atoms with E-state index in [4.69, 9.17) is 5.73 Å². The fourth-order valence-corrected chi connectivity index (χ4v) is 2.04. The highest BCUT2D eigenvalue weighted by Crippen LogP contribution is 2.24. The number of nitrogens with two attached hydrogens (primary N) is 1. The second-order valence-corrected chi connectivity index (χ2v) is 4.70.